The molecule has 8 rings (SSSR count). The van der Waals surface area contributed by atoms with Crippen LogP contribution in [0, 0.1) is 0 Å². The molecule has 46 heavy (non-hydrogen) atoms. The Labute approximate surface area is 270 Å². The predicted molar refractivity (Wildman–Crippen MR) is 202 cm³/mol. The van der Waals surface area contributed by atoms with Crippen molar-refractivity contribution in [2.45, 2.75) is 0 Å². The van der Waals surface area contributed by atoms with Crippen LogP contribution in [0.5, 0.6) is 0 Å². The number of hydrogen-bond acceptors (Lipinski definition) is 1. The summed E-state index contributed by atoms with van der Waals surface area (Å²) in [5, 5.41) is 10.2. The van der Waals surface area contributed by atoms with Gasteiger partial charge in [-0.3, -0.25) is 0 Å². The monoisotopic (exact) mass is 587 g/mol. The van der Waals surface area contributed by atoms with E-state index in [1.807, 2.05) is 0 Å². The Morgan fingerprint density at radius 2 is 0.609 bits per heavy atom. The van der Waals surface area contributed by atoms with Gasteiger partial charge in [-0.1, -0.05) is 121 Å². The number of hydrogen-bond donors (Lipinski definition) is 0. The molecule has 0 aliphatic carbocycles. The van der Waals surface area contributed by atoms with Gasteiger partial charge >= 0.3 is 0 Å². The van der Waals surface area contributed by atoms with Crippen molar-refractivity contribution in [1.82, 2.24) is 0 Å². The quantitative estimate of drug-likeness (QED) is 0.138. The van der Waals surface area contributed by atoms with E-state index in [4.69, 9.17) is 0 Å². The van der Waals surface area contributed by atoms with E-state index in [1.54, 1.807) is 0 Å². The third kappa shape index (κ3) is 5.67. The highest BCUT2D eigenvalue weighted by Gasteiger charge is 2.05. The fourth-order valence-corrected chi connectivity index (χ4v) is 6.28. The smallest absolute Gasteiger partial charge is 0.0408 e. The lowest BCUT2D eigenvalue weighted by atomic mass is 10.0. The molecule has 0 heterocycles. The molecule has 0 saturated carbocycles. The van der Waals surface area contributed by atoms with Crippen molar-refractivity contribution in [1.29, 1.82) is 0 Å². The van der Waals surface area contributed by atoms with Gasteiger partial charge in [-0.15, -0.1) is 0 Å². The highest BCUT2D eigenvalue weighted by Crippen LogP contribution is 2.28. The van der Waals surface area contributed by atoms with Gasteiger partial charge in [-0.25, -0.2) is 0 Å². The number of rotatable bonds is 6. The van der Waals surface area contributed by atoms with Crippen molar-refractivity contribution in [3.05, 3.63) is 180 Å². The average Bonchev–Trinajstić information content (AvgIpc) is 3.11. The first-order valence-corrected chi connectivity index (χ1v) is 15.8. The lowest BCUT2D eigenvalue weighted by Crippen LogP contribution is -2.08. The third-order valence-corrected chi connectivity index (χ3v) is 8.95. The molecule has 0 radical (unpaired) electrons. The van der Waals surface area contributed by atoms with Crippen LogP contribution in [-0.2, 0) is 0 Å². The molecule has 8 aromatic carbocycles. The molecule has 0 N–H and O–H groups in total. The van der Waals surface area contributed by atoms with Crippen LogP contribution >= 0.6 is 0 Å². The van der Waals surface area contributed by atoms with E-state index >= 15 is 0 Å². The van der Waals surface area contributed by atoms with E-state index in [0.717, 1.165) is 11.4 Å². The molecular formula is C45H33N. The Bertz CT molecular complexity index is 2240. The van der Waals surface area contributed by atoms with Gasteiger partial charge in [0.25, 0.3) is 0 Å². The molecule has 8 aromatic rings. The Kier molecular flexibility index (Phi) is 7.13. The topological polar surface area (TPSA) is 3.24 Å². The number of benzene rings is 8. The van der Waals surface area contributed by atoms with Gasteiger partial charge in [0.1, 0.15) is 0 Å². The molecule has 0 unspecified atom stereocenters. The fourth-order valence-electron chi connectivity index (χ4n) is 6.28. The summed E-state index contributed by atoms with van der Waals surface area (Å²) in [6, 6.07) is 57.0. The molecule has 0 fully saturated rings. The van der Waals surface area contributed by atoms with E-state index in [9.17, 15) is 0 Å². The van der Waals surface area contributed by atoms with E-state index in [2.05, 4.69) is 194 Å². The molecule has 0 aliphatic rings. The zero-order chi connectivity index (χ0) is 30.9. The average molecular weight is 588 g/mol. The van der Waals surface area contributed by atoms with Gasteiger partial charge in [-0.2, -0.15) is 0 Å². The standard InChI is InChI=1S/C45H33N/c1-46(44-22-16-32(17-23-44)10-12-34-14-20-40-28-36-6-2-4-8-38(36)30-42(40)26-34)45-24-18-33(19-25-45)11-13-35-15-21-41-29-37-7-3-5-9-39(37)31-43(41)27-35/h2-31H,1H3. The molecule has 0 aromatic heterocycles. The largest absolute Gasteiger partial charge is 0.345 e. The van der Waals surface area contributed by atoms with Crippen LogP contribution in [-0.4, -0.2) is 7.05 Å². The lowest BCUT2D eigenvalue weighted by Gasteiger charge is -2.20. The maximum Gasteiger partial charge on any atom is 0.0408 e. The van der Waals surface area contributed by atoms with E-state index in [-0.39, 0.29) is 0 Å². The summed E-state index contributed by atoms with van der Waals surface area (Å²) in [6.07, 6.45) is 8.76. The Morgan fingerprint density at radius 1 is 0.304 bits per heavy atom. The van der Waals surface area contributed by atoms with E-state index in [1.165, 1.54) is 65.3 Å². The summed E-state index contributed by atoms with van der Waals surface area (Å²) >= 11 is 0. The zero-order valence-corrected chi connectivity index (χ0v) is 25.8. The van der Waals surface area contributed by atoms with E-state index in [0.29, 0.717) is 0 Å². The van der Waals surface area contributed by atoms with Crippen molar-refractivity contribution in [3.63, 3.8) is 0 Å². The molecule has 1 heteroatoms. The number of fused-ring (bicyclic) bond motifs is 4. The zero-order valence-electron chi connectivity index (χ0n) is 25.8. The first-order chi connectivity index (χ1) is 22.6. The van der Waals surface area contributed by atoms with Gasteiger partial charge in [-0.05, 0) is 126 Å². The van der Waals surface area contributed by atoms with Crippen molar-refractivity contribution >= 4 is 78.8 Å². The highest BCUT2D eigenvalue weighted by atomic mass is 15.1. The van der Waals surface area contributed by atoms with Crippen molar-refractivity contribution < 1.29 is 0 Å². The molecule has 218 valence electrons. The third-order valence-electron chi connectivity index (χ3n) is 8.95. The van der Waals surface area contributed by atoms with Crippen molar-refractivity contribution in [2.24, 2.45) is 0 Å². The summed E-state index contributed by atoms with van der Waals surface area (Å²) in [5.41, 5.74) is 7.07. The van der Waals surface area contributed by atoms with E-state index < -0.39 is 0 Å². The van der Waals surface area contributed by atoms with Crippen LogP contribution in [0.25, 0.3) is 67.4 Å². The first kappa shape index (κ1) is 27.6. The lowest BCUT2D eigenvalue weighted by molar-refractivity contribution is 1.21. The summed E-state index contributed by atoms with van der Waals surface area (Å²) < 4.78 is 0. The second-order valence-electron chi connectivity index (χ2n) is 12.0. The predicted octanol–water partition coefficient (Wildman–Crippen LogP) is 12.4. The van der Waals surface area contributed by atoms with Crippen LogP contribution in [0.15, 0.2) is 158 Å². The molecule has 0 bridgehead atoms. The van der Waals surface area contributed by atoms with Crippen molar-refractivity contribution in [3.8, 4) is 0 Å². The van der Waals surface area contributed by atoms with Gasteiger partial charge in [0.2, 0.25) is 0 Å². The van der Waals surface area contributed by atoms with Gasteiger partial charge in [0, 0.05) is 18.4 Å². The maximum absolute atomic E-state index is 2.28. The van der Waals surface area contributed by atoms with Crippen LogP contribution in [0.4, 0.5) is 11.4 Å². The summed E-state index contributed by atoms with van der Waals surface area (Å²) in [4.78, 5) is 2.22. The van der Waals surface area contributed by atoms with Gasteiger partial charge in [0.15, 0.2) is 0 Å². The molecule has 1 nitrogen and oxygen atoms in total. The molecule has 0 aliphatic heterocycles. The fraction of sp³-hybridized carbons (Fsp3) is 0.0222. The first-order valence-electron chi connectivity index (χ1n) is 15.8. The minimum atomic E-state index is 1.15. The number of nitrogens with zero attached hydrogens (tertiary/aromatic N) is 1. The Hall–Kier alpha value is -5.92. The Balaban J connectivity index is 0.937. The number of anilines is 2. The van der Waals surface area contributed by atoms with Crippen molar-refractivity contribution in [2.75, 3.05) is 11.9 Å². The highest BCUT2D eigenvalue weighted by molar-refractivity contribution is 6.00. The normalized spacial score (nSPS) is 11.8. The van der Waals surface area contributed by atoms with Crippen LogP contribution < -0.4 is 4.90 Å². The SMILES string of the molecule is CN(c1ccc(C=Cc2ccc3cc4ccccc4cc3c2)cc1)c1ccc(C=Cc2ccc3cc4ccccc4cc3c2)cc1. The minimum Gasteiger partial charge on any atom is -0.345 e. The molecule has 0 atom stereocenters. The molecule has 0 amide bonds. The maximum atomic E-state index is 2.28. The summed E-state index contributed by atoms with van der Waals surface area (Å²) in [6.45, 7) is 0. The minimum absolute atomic E-state index is 1.15. The Morgan fingerprint density at radius 3 is 1.00 bits per heavy atom. The summed E-state index contributed by atoms with van der Waals surface area (Å²) in [7, 11) is 2.12. The summed E-state index contributed by atoms with van der Waals surface area (Å²) in [5.74, 6) is 0. The van der Waals surface area contributed by atoms with Crippen LogP contribution in [0.1, 0.15) is 22.3 Å². The molecule has 0 saturated heterocycles. The molecular weight excluding hydrogens is 555 g/mol. The van der Waals surface area contributed by atoms with Crippen LogP contribution in [0.2, 0.25) is 0 Å². The van der Waals surface area contributed by atoms with Crippen LogP contribution in [0.3, 0.4) is 0 Å². The van der Waals surface area contributed by atoms with Gasteiger partial charge in [0.05, 0.1) is 0 Å². The second-order valence-corrected chi connectivity index (χ2v) is 12.0. The molecule has 0 spiro atoms. The second kappa shape index (κ2) is 11.9. The van der Waals surface area contributed by atoms with Gasteiger partial charge < -0.3 is 4.90 Å².